The molecule has 0 atom stereocenters. The minimum absolute atomic E-state index is 0.430. The molecule has 24 heavy (non-hydrogen) atoms. The van der Waals surface area contributed by atoms with Crippen LogP contribution in [0.2, 0.25) is 0 Å². The van der Waals surface area contributed by atoms with Crippen molar-refractivity contribution in [2.45, 2.75) is 44.4 Å². The van der Waals surface area contributed by atoms with E-state index >= 15 is 0 Å². The van der Waals surface area contributed by atoms with Crippen molar-refractivity contribution in [1.82, 2.24) is 24.8 Å². The fourth-order valence-corrected chi connectivity index (χ4v) is 4.34. The van der Waals surface area contributed by atoms with E-state index in [2.05, 4.69) is 44.5 Å². The fourth-order valence-electron chi connectivity index (χ4n) is 3.49. The number of hydrogen-bond acceptors (Lipinski definition) is 6. The molecular formula is C17H20N6S. The average molecular weight is 340 g/mol. The van der Waals surface area contributed by atoms with Gasteiger partial charge in [-0.2, -0.15) is 9.61 Å². The van der Waals surface area contributed by atoms with Gasteiger partial charge in [0.2, 0.25) is 0 Å². The first-order valence-corrected chi connectivity index (χ1v) is 9.55. The number of thiazole rings is 1. The number of aryl methyl sites for hydroxylation is 1. The molecule has 1 aliphatic heterocycles. The molecule has 0 radical (unpaired) electrons. The molecule has 0 bridgehead atoms. The lowest BCUT2D eigenvalue weighted by Crippen LogP contribution is -2.33. The lowest BCUT2D eigenvalue weighted by atomic mass is 9.96. The summed E-state index contributed by atoms with van der Waals surface area (Å²) in [6.45, 7) is 4.10. The van der Waals surface area contributed by atoms with Crippen LogP contribution in [0, 0.1) is 6.92 Å². The van der Waals surface area contributed by atoms with E-state index in [0.29, 0.717) is 11.8 Å². The third-order valence-corrected chi connectivity index (χ3v) is 6.06. The van der Waals surface area contributed by atoms with Crippen LogP contribution in [-0.4, -0.2) is 37.9 Å². The zero-order valence-corrected chi connectivity index (χ0v) is 14.5. The Morgan fingerprint density at radius 3 is 2.58 bits per heavy atom. The average Bonchev–Trinajstić information content (AvgIpc) is 3.24. The van der Waals surface area contributed by atoms with E-state index in [0.717, 1.165) is 48.2 Å². The number of hydrogen-bond donors (Lipinski definition) is 0. The first-order chi connectivity index (χ1) is 11.8. The molecule has 0 amide bonds. The van der Waals surface area contributed by atoms with Crippen LogP contribution < -0.4 is 4.90 Å². The van der Waals surface area contributed by atoms with Gasteiger partial charge in [-0.25, -0.2) is 4.98 Å². The van der Waals surface area contributed by atoms with E-state index in [1.807, 2.05) is 4.52 Å². The van der Waals surface area contributed by atoms with Crippen LogP contribution in [0.4, 0.5) is 5.13 Å². The summed E-state index contributed by atoms with van der Waals surface area (Å²) in [5.41, 5.74) is 3.17. The zero-order valence-electron chi connectivity index (χ0n) is 13.7. The van der Waals surface area contributed by atoms with Crippen LogP contribution >= 0.6 is 11.3 Å². The van der Waals surface area contributed by atoms with Crippen molar-refractivity contribution in [3.63, 3.8) is 0 Å². The van der Waals surface area contributed by atoms with E-state index in [4.69, 9.17) is 5.10 Å². The standard InChI is InChI=1S/C17H20N6S/c1-11-10-24-17(18-11)22-8-6-13(7-9-22)16-20-19-15-5-4-14(12-2-3-12)21-23(15)16/h4-5,10,12-13H,2-3,6-9H2,1H3. The number of rotatable bonds is 3. The number of anilines is 1. The summed E-state index contributed by atoms with van der Waals surface area (Å²) in [6, 6.07) is 4.17. The Bertz CT molecular complexity index is 872. The van der Waals surface area contributed by atoms with Gasteiger partial charge in [0.15, 0.2) is 16.6 Å². The predicted octanol–water partition coefficient (Wildman–Crippen LogP) is 3.15. The molecule has 0 aromatic carbocycles. The highest BCUT2D eigenvalue weighted by Gasteiger charge is 2.28. The molecule has 3 aromatic rings. The van der Waals surface area contributed by atoms with Crippen LogP contribution in [0.25, 0.3) is 5.65 Å². The Kier molecular flexibility index (Phi) is 3.29. The summed E-state index contributed by atoms with van der Waals surface area (Å²) in [4.78, 5) is 7.00. The lowest BCUT2D eigenvalue weighted by molar-refractivity contribution is 0.476. The van der Waals surface area contributed by atoms with Crippen LogP contribution in [0.1, 0.15) is 54.7 Å². The molecule has 4 heterocycles. The molecule has 1 saturated heterocycles. The summed E-state index contributed by atoms with van der Waals surface area (Å²) in [5.74, 6) is 2.11. The summed E-state index contributed by atoms with van der Waals surface area (Å²) < 4.78 is 1.99. The van der Waals surface area contributed by atoms with Crippen LogP contribution in [0.5, 0.6) is 0 Å². The first kappa shape index (κ1) is 14.3. The van der Waals surface area contributed by atoms with Gasteiger partial charge in [0.05, 0.1) is 11.4 Å². The smallest absolute Gasteiger partial charge is 0.185 e. The highest BCUT2D eigenvalue weighted by Crippen LogP contribution is 2.39. The Morgan fingerprint density at radius 1 is 1.04 bits per heavy atom. The molecule has 0 N–H and O–H groups in total. The Hall–Kier alpha value is -2.02. The molecule has 7 heteroatoms. The maximum Gasteiger partial charge on any atom is 0.185 e. The summed E-state index contributed by atoms with van der Waals surface area (Å²) in [5, 5.41) is 16.9. The van der Waals surface area contributed by atoms with Crippen molar-refractivity contribution in [3.8, 4) is 0 Å². The molecule has 6 nitrogen and oxygen atoms in total. The summed E-state index contributed by atoms with van der Waals surface area (Å²) in [7, 11) is 0. The van der Waals surface area contributed by atoms with Crippen molar-refractivity contribution < 1.29 is 0 Å². The molecule has 0 spiro atoms. The monoisotopic (exact) mass is 340 g/mol. The molecule has 1 saturated carbocycles. The van der Waals surface area contributed by atoms with Gasteiger partial charge in [-0.15, -0.1) is 21.5 Å². The second kappa shape index (κ2) is 5.51. The predicted molar refractivity (Wildman–Crippen MR) is 93.8 cm³/mol. The maximum atomic E-state index is 4.82. The molecule has 3 aromatic heterocycles. The molecule has 5 rings (SSSR count). The van der Waals surface area contributed by atoms with Gasteiger partial charge < -0.3 is 4.90 Å². The fraction of sp³-hybridized carbons (Fsp3) is 0.529. The van der Waals surface area contributed by atoms with Crippen LogP contribution in [0.3, 0.4) is 0 Å². The van der Waals surface area contributed by atoms with E-state index in [1.54, 1.807) is 11.3 Å². The Morgan fingerprint density at radius 2 is 1.88 bits per heavy atom. The number of piperidine rings is 1. The third-order valence-electron chi connectivity index (χ3n) is 5.04. The van der Waals surface area contributed by atoms with E-state index in [9.17, 15) is 0 Å². The first-order valence-electron chi connectivity index (χ1n) is 8.67. The molecule has 2 fully saturated rings. The minimum atomic E-state index is 0.430. The zero-order chi connectivity index (χ0) is 16.1. The Labute approximate surface area is 144 Å². The Balaban J connectivity index is 1.37. The molecule has 1 aliphatic carbocycles. The molecule has 124 valence electrons. The molecule has 0 unspecified atom stereocenters. The van der Waals surface area contributed by atoms with E-state index in [-0.39, 0.29) is 0 Å². The lowest BCUT2D eigenvalue weighted by Gasteiger charge is -2.30. The van der Waals surface area contributed by atoms with Crippen LogP contribution in [-0.2, 0) is 0 Å². The summed E-state index contributed by atoms with van der Waals surface area (Å²) >= 11 is 1.74. The minimum Gasteiger partial charge on any atom is -0.348 e. The van der Waals surface area contributed by atoms with E-state index in [1.165, 1.54) is 18.5 Å². The topological polar surface area (TPSA) is 59.2 Å². The van der Waals surface area contributed by atoms with Gasteiger partial charge in [-0.3, -0.25) is 0 Å². The van der Waals surface area contributed by atoms with Crippen molar-refractivity contribution in [2.75, 3.05) is 18.0 Å². The largest absolute Gasteiger partial charge is 0.348 e. The SMILES string of the molecule is Cc1csc(N2CCC(c3nnc4ccc(C5CC5)nn34)CC2)n1. The number of fused-ring (bicyclic) bond motifs is 1. The van der Waals surface area contributed by atoms with Crippen LogP contribution in [0.15, 0.2) is 17.5 Å². The second-order valence-corrected chi connectivity index (χ2v) is 7.73. The number of nitrogens with zero attached hydrogens (tertiary/aromatic N) is 6. The van der Waals surface area contributed by atoms with Crippen molar-refractivity contribution in [1.29, 1.82) is 0 Å². The van der Waals surface area contributed by atoms with Gasteiger partial charge in [0.1, 0.15) is 0 Å². The van der Waals surface area contributed by atoms with Gasteiger partial charge in [0, 0.05) is 30.3 Å². The third kappa shape index (κ3) is 2.47. The van der Waals surface area contributed by atoms with Gasteiger partial charge >= 0.3 is 0 Å². The molecule has 2 aliphatic rings. The van der Waals surface area contributed by atoms with Crippen molar-refractivity contribution >= 4 is 22.1 Å². The van der Waals surface area contributed by atoms with Gasteiger partial charge in [-0.1, -0.05) is 0 Å². The van der Waals surface area contributed by atoms with Crippen molar-refractivity contribution in [3.05, 3.63) is 34.7 Å². The van der Waals surface area contributed by atoms with Crippen molar-refractivity contribution in [2.24, 2.45) is 0 Å². The van der Waals surface area contributed by atoms with Gasteiger partial charge in [0.25, 0.3) is 0 Å². The maximum absolute atomic E-state index is 4.82. The van der Waals surface area contributed by atoms with E-state index < -0.39 is 0 Å². The quantitative estimate of drug-likeness (QED) is 0.733. The van der Waals surface area contributed by atoms with Gasteiger partial charge in [-0.05, 0) is 44.7 Å². The normalized spacial score (nSPS) is 19.3. The second-order valence-electron chi connectivity index (χ2n) is 6.89. The number of aromatic nitrogens is 5. The molecular weight excluding hydrogens is 320 g/mol. The highest BCUT2D eigenvalue weighted by atomic mass is 32.1. The summed E-state index contributed by atoms with van der Waals surface area (Å²) in [6.07, 6.45) is 4.69. The highest BCUT2D eigenvalue weighted by molar-refractivity contribution is 7.13.